The van der Waals surface area contributed by atoms with Gasteiger partial charge in [-0.25, -0.2) is 17.6 Å². The first kappa shape index (κ1) is 30.8. The zero-order valence-electron chi connectivity index (χ0n) is 15.6. The van der Waals surface area contributed by atoms with Gasteiger partial charge in [-0.15, -0.1) is 0 Å². The topological polar surface area (TPSA) is 32.7 Å². The highest BCUT2D eigenvalue weighted by Crippen LogP contribution is 2.36. The second-order valence-corrected chi connectivity index (χ2v) is 6.71. The number of hydrogen-bond acceptors (Lipinski definition) is 3. The van der Waals surface area contributed by atoms with E-state index in [0.29, 0.717) is 0 Å². The number of rotatable bonds is 11. The highest BCUT2D eigenvalue weighted by molar-refractivity contribution is 4.86. The summed E-state index contributed by atoms with van der Waals surface area (Å²) in [6.07, 6.45) is -29.5. The third-order valence-electron chi connectivity index (χ3n) is 3.77. The summed E-state index contributed by atoms with van der Waals surface area (Å²) in [5, 5.41) is 8.87. The molecule has 4 unspecified atom stereocenters. The highest BCUT2D eigenvalue weighted by atomic mass is 19.4. The van der Waals surface area contributed by atoms with Crippen molar-refractivity contribution in [3.05, 3.63) is 0 Å². The SMILES string of the molecule is CC(CN(CC(O)C(F)(F)F)C(F)C(F)(F)COCC(F)(F)C(F)C(F)(F)F)C(F)(F)F. The first-order chi connectivity index (χ1) is 13.9. The number of aliphatic hydroxyl groups excluding tert-OH is 1. The maximum atomic E-state index is 14.1. The Bertz CT molecular complexity index is 552. The van der Waals surface area contributed by atoms with Gasteiger partial charge in [0.25, 0.3) is 6.17 Å². The van der Waals surface area contributed by atoms with Crippen molar-refractivity contribution in [2.24, 2.45) is 5.92 Å². The second-order valence-electron chi connectivity index (χ2n) is 6.71. The van der Waals surface area contributed by atoms with Gasteiger partial charge in [-0.05, 0) is 0 Å². The van der Waals surface area contributed by atoms with E-state index in [4.69, 9.17) is 5.11 Å². The van der Waals surface area contributed by atoms with E-state index in [1.54, 1.807) is 0 Å². The van der Waals surface area contributed by atoms with Crippen LogP contribution in [0, 0.1) is 5.92 Å². The summed E-state index contributed by atoms with van der Waals surface area (Å²) in [7, 11) is 0. The van der Waals surface area contributed by atoms with Crippen LogP contribution in [-0.4, -0.2) is 85.3 Å². The monoisotopic (exact) mass is 515 g/mol. The molecule has 0 radical (unpaired) electrons. The van der Waals surface area contributed by atoms with Gasteiger partial charge >= 0.3 is 30.4 Å². The molecule has 0 fully saturated rings. The van der Waals surface area contributed by atoms with Crippen LogP contribution in [0.1, 0.15) is 6.92 Å². The van der Waals surface area contributed by atoms with Crippen molar-refractivity contribution in [1.29, 1.82) is 0 Å². The van der Waals surface area contributed by atoms with E-state index < -0.39 is 86.1 Å². The predicted octanol–water partition coefficient (Wildman–Crippen LogP) is 4.89. The van der Waals surface area contributed by atoms with Gasteiger partial charge < -0.3 is 9.84 Å². The Hall–Kier alpha value is -1.17. The van der Waals surface area contributed by atoms with E-state index in [9.17, 15) is 65.9 Å². The number of hydrogen-bond donors (Lipinski definition) is 1. The first-order valence-corrected chi connectivity index (χ1v) is 8.16. The average molecular weight is 515 g/mol. The van der Waals surface area contributed by atoms with E-state index in [1.165, 1.54) is 0 Å². The van der Waals surface area contributed by atoms with Crippen LogP contribution in [0.4, 0.5) is 65.9 Å². The molecule has 0 aliphatic heterocycles. The minimum atomic E-state index is -6.13. The average Bonchev–Trinajstić information content (AvgIpc) is 2.56. The van der Waals surface area contributed by atoms with Crippen molar-refractivity contribution in [2.45, 2.75) is 55.9 Å². The molecule has 0 aliphatic carbocycles. The van der Waals surface area contributed by atoms with Crippen molar-refractivity contribution < 1.29 is 75.7 Å². The quantitative estimate of drug-likeness (QED) is 0.314. The van der Waals surface area contributed by atoms with Crippen molar-refractivity contribution in [1.82, 2.24) is 4.90 Å². The second kappa shape index (κ2) is 10.4. The van der Waals surface area contributed by atoms with Crippen molar-refractivity contribution in [3.8, 4) is 0 Å². The third-order valence-corrected chi connectivity index (χ3v) is 3.77. The van der Waals surface area contributed by atoms with Crippen LogP contribution < -0.4 is 0 Å². The summed E-state index contributed by atoms with van der Waals surface area (Å²) in [6.45, 7) is -8.96. The third kappa shape index (κ3) is 9.36. The number of alkyl halides is 15. The lowest BCUT2D eigenvalue weighted by molar-refractivity contribution is -0.264. The molecule has 0 rings (SSSR count). The van der Waals surface area contributed by atoms with Gasteiger partial charge in [-0.1, -0.05) is 6.92 Å². The Kier molecular flexibility index (Phi) is 10.0. The molecule has 0 aliphatic rings. The number of nitrogens with zero attached hydrogens (tertiary/aromatic N) is 1. The van der Waals surface area contributed by atoms with E-state index in [0.717, 1.165) is 0 Å². The van der Waals surface area contributed by atoms with Gasteiger partial charge in [-0.3, -0.25) is 4.90 Å². The molecule has 3 nitrogen and oxygen atoms in total. The van der Waals surface area contributed by atoms with E-state index in [2.05, 4.69) is 4.74 Å². The Morgan fingerprint density at radius 2 is 1.12 bits per heavy atom. The van der Waals surface area contributed by atoms with Crippen LogP contribution >= 0.6 is 0 Å². The Labute approximate surface area is 170 Å². The van der Waals surface area contributed by atoms with Crippen LogP contribution in [-0.2, 0) is 4.74 Å². The summed E-state index contributed by atoms with van der Waals surface area (Å²) < 4.78 is 195. The molecular formula is C14H16F15NO2. The minimum Gasteiger partial charge on any atom is -0.382 e. The van der Waals surface area contributed by atoms with Crippen molar-refractivity contribution in [3.63, 3.8) is 0 Å². The highest BCUT2D eigenvalue weighted by Gasteiger charge is 2.57. The molecule has 0 spiro atoms. The molecular weight excluding hydrogens is 499 g/mol. The van der Waals surface area contributed by atoms with Gasteiger partial charge in [0.2, 0.25) is 6.30 Å². The Morgan fingerprint density at radius 1 is 0.688 bits per heavy atom. The molecule has 1 N–H and O–H groups in total. The van der Waals surface area contributed by atoms with Gasteiger partial charge in [0, 0.05) is 13.1 Å². The Morgan fingerprint density at radius 3 is 1.50 bits per heavy atom. The molecule has 0 aromatic rings. The molecule has 32 heavy (non-hydrogen) atoms. The van der Waals surface area contributed by atoms with E-state index in [-0.39, 0.29) is 6.92 Å². The lowest BCUT2D eigenvalue weighted by Crippen LogP contribution is -2.54. The standard InChI is InChI=1S/C14H16F15NO2/c1-6(12(21,22)23)2-30(3-7(31)13(24,25)26)9(16)11(19,20)5-32-4-10(17,18)8(15)14(27,28)29/h6-9,31H,2-5H2,1H3. The molecule has 0 aromatic heterocycles. The number of halogens is 15. The molecule has 0 bridgehead atoms. The van der Waals surface area contributed by atoms with Gasteiger partial charge in [0.05, 0.1) is 5.92 Å². The van der Waals surface area contributed by atoms with Gasteiger partial charge in [-0.2, -0.15) is 48.3 Å². The molecule has 194 valence electrons. The summed E-state index contributed by atoms with van der Waals surface area (Å²) in [5.74, 6) is -13.3. The normalized spacial score (nSPS) is 18.6. The Balaban J connectivity index is 5.42. The summed E-state index contributed by atoms with van der Waals surface area (Å²) in [6, 6.07) is 0. The molecule has 0 saturated carbocycles. The van der Waals surface area contributed by atoms with E-state index in [1.807, 2.05) is 0 Å². The predicted molar refractivity (Wildman–Crippen MR) is 75.4 cm³/mol. The van der Waals surface area contributed by atoms with Crippen LogP contribution in [0.15, 0.2) is 0 Å². The number of ether oxygens (including phenoxy) is 1. The largest absolute Gasteiger partial charge is 0.425 e. The van der Waals surface area contributed by atoms with Gasteiger partial charge in [0.15, 0.2) is 6.10 Å². The molecule has 0 amide bonds. The number of aliphatic hydroxyl groups is 1. The van der Waals surface area contributed by atoms with Gasteiger partial charge in [0.1, 0.15) is 13.2 Å². The summed E-state index contributed by atoms with van der Waals surface area (Å²) >= 11 is 0. The maximum absolute atomic E-state index is 14.1. The molecule has 18 heteroatoms. The molecule has 0 saturated heterocycles. The summed E-state index contributed by atoms with van der Waals surface area (Å²) in [5.41, 5.74) is 0. The first-order valence-electron chi connectivity index (χ1n) is 8.16. The van der Waals surface area contributed by atoms with Crippen LogP contribution in [0.3, 0.4) is 0 Å². The fourth-order valence-corrected chi connectivity index (χ4v) is 2.01. The van der Waals surface area contributed by atoms with Crippen molar-refractivity contribution in [2.75, 3.05) is 26.3 Å². The van der Waals surface area contributed by atoms with E-state index >= 15 is 0 Å². The maximum Gasteiger partial charge on any atom is 0.425 e. The molecule has 0 heterocycles. The lowest BCUT2D eigenvalue weighted by atomic mass is 10.1. The van der Waals surface area contributed by atoms with Crippen LogP contribution in [0.2, 0.25) is 0 Å². The zero-order valence-corrected chi connectivity index (χ0v) is 15.6. The minimum absolute atomic E-state index is 0.271. The summed E-state index contributed by atoms with van der Waals surface area (Å²) in [4.78, 5) is -0.786. The zero-order chi connectivity index (χ0) is 25.9. The fourth-order valence-electron chi connectivity index (χ4n) is 2.01. The molecule has 0 aromatic carbocycles. The molecule has 4 atom stereocenters. The van der Waals surface area contributed by atoms with Crippen molar-refractivity contribution >= 4 is 0 Å². The smallest absolute Gasteiger partial charge is 0.382 e. The fraction of sp³-hybridized carbons (Fsp3) is 1.00. The van der Waals surface area contributed by atoms with Crippen LogP contribution in [0.5, 0.6) is 0 Å². The van der Waals surface area contributed by atoms with Crippen LogP contribution in [0.25, 0.3) is 0 Å². The lowest BCUT2D eigenvalue weighted by Gasteiger charge is -2.35.